The van der Waals surface area contributed by atoms with Gasteiger partial charge in [-0.05, 0) is 18.1 Å². The van der Waals surface area contributed by atoms with E-state index in [9.17, 15) is 0 Å². The smallest absolute Gasteiger partial charge is 0.115 e. The maximum atomic E-state index is 8.76. The molecule has 4 nitrogen and oxygen atoms in total. The average molecular weight is 240 g/mol. The van der Waals surface area contributed by atoms with Gasteiger partial charge in [0.1, 0.15) is 5.69 Å². The summed E-state index contributed by atoms with van der Waals surface area (Å²) in [6, 6.07) is 9.39. The minimum absolute atomic E-state index is 0.526. The van der Waals surface area contributed by atoms with Gasteiger partial charge in [0.2, 0.25) is 0 Å². The second-order valence-corrected chi connectivity index (χ2v) is 4.74. The highest BCUT2D eigenvalue weighted by molar-refractivity contribution is 5.72. The van der Waals surface area contributed by atoms with Crippen LogP contribution in [-0.2, 0) is 6.54 Å². The Hall–Kier alpha value is -2.28. The quantitative estimate of drug-likeness (QED) is 0.896. The van der Waals surface area contributed by atoms with Gasteiger partial charge >= 0.3 is 0 Å². The summed E-state index contributed by atoms with van der Waals surface area (Å²) in [4.78, 5) is 0. The lowest BCUT2D eigenvalue weighted by atomic mass is 10.1. The molecule has 1 aromatic heterocycles. The van der Waals surface area contributed by atoms with Crippen molar-refractivity contribution in [3.8, 4) is 17.3 Å². The van der Waals surface area contributed by atoms with Gasteiger partial charge in [-0.15, -0.1) is 0 Å². The highest BCUT2D eigenvalue weighted by atomic mass is 15.3. The van der Waals surface area contributed by atoms with Gasteiger partial charge in [0, 0.05) is 18.3 Å². The van der Waals surface area contributed by atoms with Gasteiger partial charge in [-0.1, -0.05) is 26.0 Å². The number of nitrogen functional groups attached to an aromatic ring is 1. The van der Waals surface area contributed by atoms with Crippen molar-refractivity contribution in [2.45, 2.75) is 20.4 Å². The van der Waals surface area contributed by atoms with E-state index in [1.54, 1.807) is 12.1 Å². The molecular formula is C14H16N4. The third-order valence-corrected chi connectivity index (χ3v) is 2.63. The summed E-state index contributed by atoms with van der Waals surface area (Å²) in [5.41, 5.74) is 8.99. The molecule has 2 N–H and O–H groups in total. The van der Waals surface area contributed by atoms with E-state index in [-0.39, 0.29) is 0 Å². The average Bonchev–Trinajstić information content (AvgIpc) is 2.69. The van der Waals surface area contributed by atoms with Crippen molar-refractivity contribution in [2.75, 3.05) is 5.73 Å². The summed E-state index contributed by atoms with van der Waals surface area (Å²) >= 11 is 0. The third-order valence-electron chi connectivity index (χ3n) is 2.63. The van der Waals surface area contributed by atoms with E-state index in [4.69, 9.17) is 11.0 Å². The van der Waals surface area contributed by atoms with Gasteiger partial charge < -0.3 is 5.73 Å². The maximum absolute atomic E-state index is 8.76. The van der Waals surface area contributed by atoms with Crippen LogP contribution in [0.15, 0.2) is 30.5 Å². The highest BCUT2D eigenvalue weighted by Gasteiger charge is 2.09. The van der Waals surface area contributed by atoms with Crippen LogP contribution in [0.1, 0.15) is 19.4 Å². The molecule has 0 atom stereocenters. The molecule has 1 aromatic carbocycles. The number of hydrogen-bond donors (Lipinski definition) is 1. The van der Waals surface area contributed by atoms with Gasteiger partial charge in [-0.2, -0.15) is 10.4 Å². The topological polar surface area (TPSA) is 67.6 Å². The normalized spacial score (nSPS) is 10.6. The first-order valence-corrected chi connectivity index (χ1v) is 5.93. The zero-order valence-corrected chi connectivity index (χ0v) is 10.6. The second-order valence-electron chi connectivity index (χ2n) is 4.74. The zero-order chi connectivity index (χ0) is 13.1. The standard InChI is InChI=1S/C14H16N4/c1-10(2)8-18-9-13(16)14(17-18)12-5-3-11(7-15)4-6-12/h3-6,9-10H,8,16H2,1-2H3. The molecule has 92 valence electrons. The molecule has 0 fully saturated rings. The van der Waals surface area contributed by atoms with Crippen molar-refractivity contribution in [3.63, 3.8) is 0 Å². The van der Waals surface area contributed by atoms with Gasteiger partial charge in [0.05, 0.1) is 17.3 Å². The van der Waals surface area contributed by atoms with Crippen LogP contribution in [-0.4, -0.2) is 9.78 Å². The Kier molecular flexibility index (Phi) is 3.33. The van der Waals surface area contributed by atoms with Crippen molar-refractivity contribution in [3.05, 3.63) is 36.0 Å². The van der Waals surface area contributed by atoms with Crippen LogP contribution in [0.4, 0.5) is 5.69 Å². The minimum atomic E-state index is 0.526. The summed E-state index contributed by atoms with van der Waals surface area (Å²) in [5.74, 6) is 0.526. The summed E-state index contributed by atoms with van der Waals surface area (Å²) < 4.78 is 1.87. The molecule has 0 aliphatic carbocycles. The molecule has 0 aliphatic heterocycles. The Balaban J connectivity index is 2.32. The lowest BCUT2D eigenvalue weighted by Gasteiger charge is -2.03. The second kappa shape index (κ2) is 4.92. The molecule has 0 amide bonds. The predicted molar refractivity (Wildman–Crippen MR) is 71.6 cm³/mol. The molecule has 0 aliphatic rings. The van der Waals surface area contributed by atoms with Crippen LogP contribution in [0.2, 0.25) is 0 Å². The molecule has 1 heterocycles. The Morgan fingerprint density at radius 1 is 1.33 bits per heavy atom. The Bertz CT molecular complexity index is 573. The summed E-state index contributed by atoms with van der Waals surface area (Å²) in [6.45, 7) is 5.12. The monoisotopic (exact) mass is 240 g/mol. The van der Waals surface area contributed by atoms with Crippen LogP contribution in [0.3, 0.4) is 0 Å². The lowest BCUT2D eigenvalue weighted by molar-refractivity contribution is 0.484. The number of benzene rings is 1. The minimum Gasteiger partial charge on any atom is -0.396 e. The number of hydrogen-bond acceptors (Lipinski definition) is 3. The molecule has 0 radical (unpaired) electrons. The molecule has 2 aromatic rings. The molecule has 2 rings (SSSR count). The fourth-order valence-electron chi connectivity index (χ4n) is 1.83. The van der Waals surface area contributed by atoms with E-state index in [1.165, 1.54) is 0 Å². The van der Waals surface area contributed by atoms with Crippen LogP contribution < -0.4 is 5.73 Å². The molecular weight excluding hydrogens is 224 g/mol. The number of nitriles is 1. The summed E-state index contributed by atoms with van der Waals surface area (Å²) in [7, 11) is 0. The van der Waals surface area contributed by atoms with Crippen molar-refractivity contribution in [2.24, 2.45) is 5.92 Å². The molecule has 0 spiro atoms. The zero-order valence-electron chi connectivity index (χ0n) is 10.6. The maximum Gasteiger partial charge on any atom is 0.115 e. The molecule has 0 unspecified atom stereocenters. The van der Waals surface area contributed by atoms with E-state index < -0.39 is 0 Å². The molecule has 0 bridgehead atoms. The fourth-order valence-corrected chi connectivity index (χ4v) is 1.83. The predicted octanol–water partition coefficient (Wildman–Crippen LogP) is 2.66. The van der Waals surface area contributed by atoms with E-state index in [2.05, 4.69) is 25.0 Å². The van der Waals surface area contributed by atoms with Crippen molar-refractivity contribution >= 4 is 5.69 Å². The Morgan fingerprint density at radius 3 is 2.56 bits per heavy atom. The van der Waals surface area contributed by atoms with E-state index in [1.807, 2.05) is 23.0 Å². The van der Waals surface area contributed by atoms with Gasteiger partial charge in [-0.3, -0.25) is 4.68 Å². The van der Waals surface area contributed by atoms with E-state index >= 15 is 0 Å². The van der Waals surface area contributed by atoms with Crippen molar-refractivity contribution in [1.29, 1.82) is 5.26 Å². The molecule has 18 heavy (non-hydrogen) atoms. The van der Waals surface area contributed by atoms with Crippen LogP contribution >= 0.6 is 0 Å². The van der Waals surface area contributed by atoms with Crippen molar-refractivity contribution < 1.29 is 0 Å². The Morgan fingerprint density at radius 2 is 2.00 bits per heavy atom. The fraction of sp³-hybridized carbons (Fsp3) is 0.286. The third kappa shape index (κ3) is 2.51. The largest absolute Gasteiger partial charge is 0.396 e. The summed E-state index contributed by atoms with van der Waals surface area (Å²) in [5, 5.41) is 13.2. The number of nitrogens with two attached hydrogens (primary N) is 1. The summed E-state index contributed by atoms with van der Waals surface area (Å²) in [6.07, 6.45) is 1.85. The molecule has 0 saturated carbocycles. The van der Waals surface area contributed by atoms with Crippen LogP contribution in [0.25, 0.3) is 11.3 Å². The number of rotatable bonds is 3. The highest BCUT2D eigenvalue weighted by Crippen LogP contribution is 2.24. The van der Waals surface area contributed by atoms with Gasteiger partial charge in [0.25, 0.3) is 0 Å². The first kappa shape index (κ1) is 12.2. The van der Waals surface area contributed by atoms with E-state index in [0.29, 0.717) is 17.2 Å². The molecule has 4 heteroatoms. The first-order chi connectivity index (χ1) is 8.60. The number of anilines is 1. The van der Waals surface area contributed by atoms with Gasteiger partial charge in [-0.25, -0.2) is 0 Å². The van der Waals surface area contributed by atoms with E-state index in [0.717, 1.165) is 17.8 Å². The SMILES string of the molecule is CC(C)Cn1cc(N)c(-c2ccc(C#N)cc2)n1. The molecule has 0 saturated heterocycles. The van der Waals surface area contributed by atoms with Crippen molar-refractivity contribution in [1.82, 2.24) is 9.78 Å². The van der Waals surface area contributed by atoms with Gasteiger partial charge in [0.15, 0.2) is 0 Å². The van der Waals surface area contributed by atoms with Crippen LogP contribution in [0.5, 0.6) is 0 Å². The number of aromatic nitrogens is 2. The Labute approximate surface area is 107 Å². The van der Waals surface area contributed by atoms with Crippen LogP contribution in [0, 0.1) is 17.2 Å². The number of nitrogens with zero attached hydrogens (tertiary/aromatic N) is 3. The first-order valence-electron chi connectivity index (χ1n) is 5.93. The lowest BCUT2D eigenvalue weighted by Crippen LogP contribution is -2.04.